The molecule has 6 nitrogen and oxygen atoms in total. The maximum absolute atomic E-state index is 11.6. The Bertz CT molecular complexity index is 567. The molecule has 1 aromatic heterocycles. The molecule has 0 aliphatic heterocycles. The number of hydrogen-bond donors (Lipinski definition) is 2. The van der Waals surface area contributed by atoms with Gasteiger partial charge in [0.05, 0.1) is 30.1 Å². The van der Waals surface area contributed by atoms with Crippen LogP contribution in [0.1, 0.15) is 17.3 Å². The summed E-state index contributed by atoms with van der Waals surface area (Å²) in [5, 5.41) is 7.32. The summed E-state index contributed by atoms with van der Waals surface area (Å²) in [7, 11) is 0. The fraction of sp³-hybridized carbons (Fsp3) is 0.286. The number of anilines is 2. The molecule has 0 atom stereocenters. The third-order valence-corrected chi connectivity index (χ3v) is 2.78. The van der Waals surface area contributed by atoms with E-state index in [1.165, 1.54) is 0 Å². The average molecular weight is 274 g/mol. The smallest absolute Gasteiger partial charge is 0.338 e. The third-order valence-electron chi connectivity index (χ3n) is 2.78. The van der Waals surface area contributed by atoms with Gasteiger partial charge in [-0.25, -0.2) is 4.79 Å². The highest BCUT2D eigenvalue weighted by atomic mass is 16.5. The molecule has 3 N–H and O–H groups in total. The lowest BCUT2D eigenvalue weighted by molar-refractivity contribution is 0.0526. The molecule has 0 aliphatic carbocycles. The molecule has 0 radical (unpaired) electrons. The predicted octanol–water partition coefficient (Wildman–Crippen LogP) is 1.75. The zero-order valence-electron chi connectivity index (χ0n) is 11.4. The molecule has 0 bridgehead atoms. The van der Waals surface area contributed by atoms with Crippen molar-refractivity contribution in [2.75, 3.05) is 24.2 Å². The van der Waals surface area contributed by atoms with E-state index in [1.54, 1.807) is 31.3 Å². The Kier molecular flexibility index (Phi) is 4.60. The van der Waals surface area contributed by atoms with Crippen molar-refractivity contribution in [3.63, 3.8) is 0 Å². The minimum absolute atomic E-state index is 0.350. The second-order valence-electron chi connectivity index (χ2n) is 4.22. The van der Waals surface area contributed by atoms with Crippen molar-refractivity contribution in [3.8, 4) is 0 Å². The number of rotatable bonds is 6. The van der Waals surface area contributed by atoms with Crippen LogP contribution in [0.2, 0.25) is 0 Å². The Morgan fingerprint density at radius 2 is 2.35 bits per heavy atom. The number of ether oxygens (including phenoxy) is 1. The molecular weight excluding hydrogens is 256 g/mol. The molecule has 1 aromatic carbocycles. The summed E-state index contributed by atoms with van der Waals surface area (Å²) < 4.78 is 6.76. The van der Waals surface area contributed by atoms with Crippen LogP contribution in [-0.4, -0.2) is 28.9 Å². The molecule has 0 unspecified atom stereocenters. The van der Waals surface area contributed by atoms with Gasteiger partial charge in [-0.3, -0.25) is 4.68 Å². The number of hydrogen-bond acceptors (Lipinski definition) is 5. The molecule has 2 rings (SSSR count). The lowest BCUT2D eigenvalue weighted by atomic mass is 10.1. The molecular formula is C14H18N4O2. The number of nitrogens with zero attached hydrogens (tertiary/aromatic N) is 2. The molecule has 106 valence electrons. The van der Waals surface area contributed by atoms with E-state index in [0.717, 1.165) is 12.2 Å². The summed E-state index contributed by atoms with van der Waals surface area (Å²) >= 11 is 0. The zero-order valence-corrected chi connectivity index (χ0v) is 11.4. The van der Waals surface area contributed by atoms with Crippen LogP contribution in [0.4, 0.5) is 11.4 Å². The molecule has 6 heteroatoms. The Morgan fingerprint density at radius 1 is 1.50 bits per heavy atom. The molecule has 20 heavy (non-hydrogen) atoms. The van der Waals surface area contributed by atoms with Crippen LogP contribution in [0.5, 0.6) is 0 Å². The first kappa shape index (κ1) is 13.9. The van der Waals surface area contributed by atoms with Crippen LogP contribution >= 0.6 is 0 Å². The molecule has 0 spiro atoms. The van der Waals surface area contributed by atoms with E-state index < -0.39 is 0 Å². The van der Waals surface area contributed by atoms with Crippen LogP contribution in [-0.2, 0) is 11.3 Å². The van der Waals surface area contributed by atoms with Crippen molar-refractivity contribution in [2.24, 2.45) is 0 Å². The SMILES string of the molecule is CCOC(=O)c1ccc(NCCn2cccn2)c(N)c1. The van der Waals surface area contributed by atoms with Gasteiger partial charge in [0.25, 0.3) is 0 Å². The minimum atomic E-state index is -0.359. The first-order valence-electron chi connectivity index (χ1n) is 6.48. The van der Waals surface area contributed by atoms with Crippen LogP contribution in [0.15, 0.2) is 36.7 Å². The lowest BCUT2D eigenvalue weighted by Crippen LogP contribution is -2.12. The van der Waals surface area contributed by atoms with Gasteiger partial charge >= 0.3 is 5.97 Å². The summed E-state index contributed by atoms with van der Waals surface area (Å²) in [4.78, 5) is 11.6. The number of aromatic nitrogens is 2. The number of nitrogens with two attached hydrogens (primary N) is 1. The predicted molar refractivity (Wildman–Crippen MR) is 77.5 cm³/mol. The van der Waals surface area contributed by atoms with Crippen molar-refractivity contribution < 1.29 is 9.53 Å². The Morgan fingerprint density at radius 3 is 3.00 bits per heavy atom. The van der Waals surface area contributed by atoms with E-state index in [9.17, 15) is 4.79 Å². The van der Waals surface area contributed by atoms with Gasteiger partial charge in [0.15, 0.2) is 0 Å². The average Bonchev–Trinajstić information content (AvgIpc) is 2.94. The topological polar surface area (TPSA) is 82.2 Å². The van der Waals surface area contributed by atoms with Crippen LogP contribution in [0.3, 0.4) is 0 Å². The summed E-state index contributed by atoms with van der Waals surface area (Å²) in [5.41, 5.74) is 7.70. The van der Waals surface area contributed by atoms with E-state index in [0.29, 0.717) is 24.4 Å². The molecule has 0 saturated carbocycles. The molecule has 2 aromatic rings. The number of nitrogens with one attached hydrogen (secondary N) is 1. The molecule has 1 heterocycles. The van der Waals surface area contributed by atoms with Crippen LogP contribution in [0.25, 0.3) is 0 Å². The van der Waals surface area contributed by atoms with E-state index in [-0.39, 0.29) is 5.97 Å². The second kappa shape index (κ2) is 6.60. The number of nitrogen functional groups attached to an aromatic ring is 1. The monoisotopic (exact) mass is 274 g/mol. The molecule has 0 saturated heterocycles. The van der Waals surface area contributed by atoms with Crippen LogP contribution in [0, 0.1) is 0 Å². The summed E-state index contributed by atoms with van der Waals surface area (Å²) in [6.45, 7) is 3.56. The van der Waals surface area contributed by atoms with Gasteiger partial charge in [-0.05, 0) is 31.2 Å². The van der Waals surface area contributed by atoms with Crippen molar-refractivity contribution >= 4 is 17.3 Å². The van der Waals surface area contributed by atoms with Crippen molar-refractivity contribution in [2.45, 2.75) is 13.5 Å². The van der Waals surface area contributed by atoms with Crippen LogP contribution < -0.4 is 11.1 Å². The molecule has 0 aliphatic rings. The van der Waals surface area contributed by atoms with Gasteiger partial charge in [-0.1, -0.05) is 0 Å². The molecule has 0 fully saturated rings. The number of carbonyl (C=O) groups is 1. The number of esters is 1. The fourth-order valence-corrected chi connectivity index (χ4v) is 1.80. The van der Waals surface area contributed by atoms with Crippen molar-refractivity contribution in [3.05, 3.63) is 42.2 Å². The number of benzene rings is 1. The standard InChI is InChI=1S/C14H18N4O2/c1-2-20-14(19)11-4-5-13(12(15)10-11)16-7-9-18-8-3-6-17-18/h3-6,8,10,16H,2,7,9,15H2,1H3. The number of carbonyl (C=O) groups excluding carboxylic acids is 1. The highest BCUT2D eigenvalue weighted by Crippen LogP contribution is 2.20. The van der Waals surface area contributed by atoms with Gasteiger partial charge in [0.1, 0.15) is 0 Å². The lowest BCUT2D eigenvalue weighted by Gasteiger charge is -2.10. The normalized spacial score (nSPS) is 10.2. The summed E-state index contributed by atoms with van der Waals surface area (Å²) in [5.74, 6) is -0.359. The van der Waals surface area contributed by atoms with Gasteiger partial charge in [0, 0.05) is 18.9 Å². The largest absolute Gasteiger partial charge is 0.462 e. The van der Waals surface area contributed by atoms with Gasteiger partial charge in [-0.2, -0.15) is 5.10 Å². The molecule has 0 amide bonds. The van der Waals surface area contributed by atoms with E-state index >= 15 is 0 Å². The Balaban J connectivity index is 1.93. The maximum atomic E-state index is 11.6. The second-order valence-corrected chi connectivity index (χ2v) is 4.22. The highest BCUT2D eigenvalue weighted by Gasteiger charge is 2.08. The highest BCUT2D eigenvalue weighted by molar-refractivity contribution is 5.91. The third kappa shape index (κ3) is 3.50. The van der Waals surface area contributed by atoms with Gasteiger partial charge in [0.2, 0.25) is 0 Å². The fourth-order valence-electron chi connectivity index (χ4n) is 1.80. The first-order chi connectivity index (χ1) is 9.70. The van der Waals surface area contributed by atoms with E-state index in [2.05, 4.69) is 10.4 Å². The van der Waals surface area contributed by atoms with E-state index in [1.807, 2.05) is 16.9 Å². The summed E-state index contributed by atoms with van der Waals surface area (Å²) in [6, 6.07) is 6.98. The van der Waals surface area contributed by atoms with Crippen molar-refractivity contribution in [1.82, 2.24) is 9.78 Å². The van der Waals surface area contributed by atoms with E-state index in [4.69, 9.17) is 10.5 Å². The first-order valence-corrected chi connectivity index (χ1v) is 6.48. The maximum Gasteiger partial charge on any atom is 0.338 e. The van der Waals surface area contributed by atoms with Gasteiger partial charge in [-0.15, -0.1) is 0 Å². The minimum Gasteiger partial charge on any atom is -0.462 e. The summed E-state index contributed by atoms with van der Waals surface area (Å²) in [6.07, 6.45) is 3.64. The van der Waals surface area contributed by atoms with Crippen molar-refractivity contribution in [1.29, 1.82) is 0 Å². The Hall–Kier alpha value is -2.50. The van der Waals surface area contributed by atoms with Gasteiger partial charge < -0.3 is 15.8 Å². The Labute approximate surface area is 117 Å². The quantitative estimate of drug-likeness (QED) is 0.619. The zero-order chi connectivity index (χ0) is 14.4.